The molecule has 1 aromatic heterocycles. The standard InChI is InChI=1S/C27H30F3N5O2/c1-26(8-5-9-26)31-13-17-10-20-21(23(11-17)27(28,29)30)14-35(25(20)36)19-7-4-6-18(12-19)22(15-37-3)24-33-32-16-34(24)2/h4,6-7,10-12,16,22,31H,5,8-9,13-15H2,1-3H3/t22-/m1/s1. The fourth-order valence-corrected chi connectivity index (χ4v) is 5.23. The van der Waals surface area contributed by atoms with Crippen molar-refractivity contribution in [3.63, 3.8) is 0 Å². The summed E-state index contributed by atoms with van der Waals surface area (Å²) >= 11 is 0. The third-order valence-electron chi connectivity index (χ3n) is 7.56. The van der Waals surface area contributed by atoms with Crippen molar-refractivity contribution >= 4 is 11.6 Å². The number of fused-ring (bicyclic) bond motifs is 1. The quantitative estimate of drug-likeness (QED) is 0.468. The van der Waals surface area contributed by atoms with Crippen LogP contribution in [0.15, 0.2) is 42.7 Å². The minimum atomic E-state index is -4.56. The lowest BCUT2D eigenvalue weighted by Crippen LogP contribution is -2.47. The van der Waals surface area contributed by atoms with Crippen LogP contribution in [0.5, 0.6) is 0 Å². The molecule has 2 aromatic carbocycles. The zero-order valence-electron chi connectivity index (χ0n) is 21.1. The van der Waals surface area contributed by atoms with Gasteiger partial charge in [0.15, 0.2) is 0 Å². The Kier molecular flexibility index (Phi) is 6.57. The second-order valence-electron chi connectivity index (χ2n) is 10.2. The van der Waals surface area contributed by atoms with Gasteiger partial charge in [0.05, 0.1) is 24.6 Å². The van der Waals surface area contributed by atoms with Crippen molar-refractivity contribution in [2.24, 2.45) is 7.05 Å². The molecule has 196 valence electrons. The van der Waals surface area contributed by atoms with Crippen LogP contribution in [0.1, 0.15) is 70.5 Å². The maximum Gasteiger partial charge on any atom is 0.416 e. The Hall–Kier alpha value is -3.24. The Morgan fingerprint density at radius 1 is 1.22 bits per heavy atom. The Bertz CT molecular complexity index is 1320. The summed E-state index contributed by atoms with van der Waals surface area (Å²) in [6, 6.07) is 10.0. The number of aryl methyl sites for hydroxylation is 1. The van der Waals surface area contributed by atoms with E-state index in [1.54, 1.807) is 36.2 Å². The number of halogens is 3. The molecule has 1 amide bonds. The molecule has 0 radical (unpaired) electrons. The number of methoxy groups -OCH3 is 1. The fourth-order valence-electron chi connectivity index (χ4n) is 5.23. The molecule has 10 heteroatoms. The zero-order valence-corrected chi connectivity index (χ0v) is 21.1. The predicted octanol–water partition coefficient (Wildman–Crippen LogP) is 4.80. The first-order valence-corrected chi connectivity index (χ1v) is 12.3. The summed E-state index contributed by atoms with van der Waals surface area (Å²) in [5, 5.41) is 11.5. The van der Waals surface area contributed by atoms with Gasteiger partial charge in [0.1, 0.15) is 12.2 Å². The average Bonchev–Trinajstić information content (AvgIpc) is 3.42. The smallest absolute Gasteiger partial charge is 0.384 e. The number of anilines is 1. The zero-order chi connectivity index (χ0) is 26.4. The lowest BCUT2D eigenvalue weighted by Gasteiger charge is -2.39. The van der Waals surface area contributed by atoms with Crippen LogP contribution in [0.4, 0.5) is 18.9 Å². The van der Waals surface area contributed by atoms with Crippen LogP contribution >= 0.6 is 0 Å². The molecule has 1 aliphatic heterocycles. The molecule has 0 bridgehead atoms. The van der Waals surface area contributed by atoms with E-state index in [-0.39, 0.29) is 35.7 Å². The van der Waals surface area contributed by atoms with Crippen molar-refractivity contribution in [1.82, 2.24) is 20.1 Å². The van der Waals surface area contributed by atoms with E-state index in [0.717, 1.165) is 24.8 Å². The summed E-state index contributed by atoms with van der Waals surface area (Å²) in [7, 11) is 3.42. The highest BCUT2D eigenvalue weighted by Gasteiger charge is 2.41. The second-order valence-corrected chi connectivity index (χ2v) is 10.2. The molecule has 1 atom stereocenters. The largest absolute Gasteiger partial charge is 0.416 e. The van der Waals surface area contributed by atoms with Gasteiger partial charge in [-0.2, -0.15) is 13.2 Å². The van der Waals surface area contributed by atoms with Crippen LogP contribution in [0.2, 0.25) is 0 Å². The van der Waals surface area contributed by atoms with Gasteiger partial charge in [-0.25, -0.2) is 0 Å². The van der Waals surface area contributed by atoms with E-state index < -0.39 is 17.6 Å². The highest BCUT2D eigenvalue weighted by Crippen LogP contribution is 2.40. The van der Waals surface area contributed by atoms with Crippen molar-refractivity contribution < 1.29 is 22.7 Å². The van der Waals surface area contributed by atoms with Crippen LogP contribution in [-0.4, -0.2) is 39.9 Å². The van der Waals surface area contributed by atoms with Crippen LogP contribution in [-0.2, 0) is 31.1 Å². The number of hydrogen-bond acceptors (Lipinski definition) is 5. The minimum absolute atomic E-state index is 0.0169. The van der Waals surface area contributed by atoms with Crippen molar-refractivity contribution in [2.75, 3.05) is 18.6 Å². The Labute approximate surface area is 213 Å². The number of nitrogens with one attached hydrogen (secondary N) is 1. The van der Waals surface area contributed by atoms with Gasteiger partial charge >= 0.3 is 6.18 Å². The molecule has 0 spiro atoms. The molecule has 1 N–H and O–H groups in total. The number of alkyl halides is 3. The number of carbonyl (C=O) groups is 1. The molecular weight excluding hydrogens is 483 g/mol. The van der Waals surface area contributed by atoms with Crippen molar-refractivity contribution in [3.05, 3.63) is 76.4 Å². The summed E-state index contributed by atoms with van der Waals surface area (Å²) < 4.78 is 49.5. The van der Waals surface area contributed by atoms with E-state index in [2.05, 4.69) is 22.4 Å². The molecule has 37 heavy (non-hydrogen) atoms. The van der Waals surface area contributed by atoms with E-state index in [4.69, 9.17) is 4.74 Å². The summed E-state index contributed by atoms with van der Waals surface area (Å²) in [4.78, 5) is 14.9. The van der Waals surface area contributed by atoms with Gasteiger partial charge in [0.25, 0.3) is 5.91 Å². The monoisotopic (exact) mass is 513 g/mol. The molecule has 1 aliphatic carbocycles. The lowest BCUT2D eigenvalue weighted by atomic mass is 9.78. The maximum absolute atomic E-state index is 14.1. The molecule has 0 unspecified atom stereocenters. The summed E-state index contributed by atoms with van der Waals surface area (Å²) in [6.07, 6.45) is 0.124. The van der Waals surface area contributed by atoms with Gasteiger partial charge in [0, 0.05) is 37.5 Å². The third kappa shape index (κ3) is 4.87. The molecule has 2 heterocycles. The number of amides is 1. The first kappa shape index (κ1) is 25.4. The van der Waals surface area contributed by atoms with E-state index in [1.165, 1.54) is 11.0 Å². The molecule has 7 nitrogen and oxygen atoms in total. The van der Waals surface area contributed by atoms with Crippen LogP contribution in [0.3, 0.4) is 0 Å². The van der Waals surface area contributed by atoms with Gasteiger partial charge in [-0.15, -0.1) is 10.2 Å². The molecule has 1 fully saturated rings. The molecule has 1 saturated carbocycles. The van der Waals surface area contributed by atoms with E-state index in [9.17, 15) is 18.0 Å². The highest BCUT2D eigenvalue weighted by atomic mass is 19.4. The first-order valence-electron chi connectivity index (χ1n) is 12.3. The van der Waals surface area contributed by atoms with Gasteiger partial charge in [-0.3, -0.25) is 4.79 Å². The topological polar surface area (TPSA) is 72.3 Å². The van der Waals surface area contributed by atoms with E-state index >= 15 is 0 Å². The van der Waals surface area contributed by atoms with Crippen molar-refractivity contribution in [3.8, 4) is 0 Å². The molecular formula is C27H30F3N5O2. The van der Waals surface area contributed by atoms with Gasteiger partial charge in [-0.05, 0) is 67.1 Å². The number of nitrogens with zero attached hydrogens (tertiary/aromatic N) is 4. The van der Waals surface area contributed by atoms with Crippen LogP contribution < -0.4 is 10.2 Å². The predicted molar refractivity (Wildman–Crippen MR) is 132 cm³/mol. The van der Waals surface area contributed by atoms with E-state index in [1.807, 2.05) is 19.2 Å². The number of benzene rings is 2. The van der Waals surface area contributed by atoms with Gasteiger partial charge < -0.3 is 19.5 Å². The Morgan fingerprint density at radius 2 is 2.00 bits per heavy atom. The minimum Gasteiger partial charge on any atom is -0.384 e. The molecule has 2 aliphatic rings. The summed E-state index contributed by atoms with van der Waals surface area (Å²) in [5.74, 6) is -0.00295. The Morgan fingerprint density at radius 3 is 2.62 bits per heavy atom. The van der Waals surface area contributed by atoms with Crippen molar-refractivity contribution in [2.45, 2.75) is 56.9 Å². The van der Waals surface area contributed by atoms with Gasteiger partial charge in [0.2, 0.25) is 0 Å². The van der Waals surface area contributed by atoms with Gasteiger partial charge in [-0.1, -0.05) is 12.1 Å². The maximum atomic E-state index is 14.1. The number of hydrogen-bond donors (Lipinski definition) is 1. The first-order chi connectivity index (χ1) is 17.6. The van der Waals surface area contributed by atoms with Crippen LogP contribution in [0.25, 0.3) is 0 Å². The highest BCUT2D eigenvalue weighted by molar-refractivity contribution is 6.10. The van der Waals surface area contributed by atoms with Crippen molar-refractivity contribution in [1.29, 1.82) is 0 Å². The second kappa shape index (κ2) is 9.57. The van der Waals surface area contributed by atoms with E-state index in [0.29, 0.717) is 23.7 Å². The molecule has 3 aromatic rings. The number of aromatic nitrogens is 3. The summed E-state index contributed by atoms with van der Waals surface area (Å²) in [6.45, 7) is 2.55. The number of ether oxygens (including phenoxy) is 1. The molecule has 0 saturated heterocycles. The average molecular weight is 514 g/mol. The fraction of sp³-hybridized carbons (Fsp3) is 0.444. The molecule has 5 rings (SSSR count). The van der Waals surface area contributed by atoms with Crippen LogP contribution in [0, 0.1) is 0 Å². The Balaban J connectivity index is 1.47. The third-order valence-corrected chi connectivity index (χ3v) is 7.56. The SMILES string of the molecule is COC[C@H](c1cccc(N2Cc3c(cc(CNC4(C)CCC4)cc3C(F)(F)F)C2=O)c1)c1nncn1C. The summed E-state index contributed by atoms with van der Waals surface area (Å²) in [5.41, 5.74) is 1.14. The number of rotatable bonds is 8. The normalized spacial score (nSPS) is 17.6. The lowest BCUT2D eigenvalue weighted by molar-refractivity contribution is -0.138. The number of carbonyl (C=O) groups excluding carboxylic acids is 1.